The van der Waals surface area contributed by atoms with Crippen molar-refractivity contribution in [3.05, 3.63) is 63.6 Å². The lowest BCUT2D eigenvalue weighted by molar-refractivity contribution is 0.0955. The van der Waals surface area contributed by atoms with Crippen LogP contribution in [-0.2, 0) is 0 Å². The van der Waals surface area contributed by atoms with Gasteiger partial charge in [0.2, 0.25) is 0 Å². The fraction of sp³-hybridized carbons (Fsp3) is 0. The van der Waals surface area contributed by atoms with Crippen molar-refractivity contribution >= 4 is 35.3 Å². The molecule has 0 unspecified atom stereocenters. The molecule has 0 radical (unpaired) electrons. The Morgan fingerprint density at radius 1 is 1.20 bits per heavy atom. The molecule has 102 valence electrons. The van der Waals surface area contributed by atoms with Gasteiger partial charge in [0, 0.05) is 16.1 Å². The summed E-state index contributed by atoms with van der Waals surface area (Å²) in [6.07, 6.45) is 1.31. The Balaban J connectivity index is 2.07. The number of halogens is 2. The SMILES string of the molecule is O=C(NN=Cc1cccc(Cl)c1O)c1cccc(Cl)c1. The number of hydrogen-bond acceptors (Lipinski definition) is 3. The van der Waals surface area contributed by atoms with Gasteiger partial charge in [-0.1, -0.05) is 35.3 Å². The van der Waals surface area contributed by atoms with Gasteiger partial charge in [-0.15, -0.1) is 0 Å². The number of phenols is 1. The highest BCUT2D eigenvalue weighted by Crippen LogP contribution is 2.25. The zero-order valence-electron chi connectivity index (χ0n) is 10.2. The highest BCUT2D eigenvalue weighted by atomic mass is 35.5. The molecule has 0 fully saturated rings. The second-order valence-electron chi connectivity index (χ2n) is 3.89. The van der Waals surface area contributed by atoms with Gasteiger partial charge in [-0.05, 0) is 30.3 Å². The Labute approximate surface area is 125 Å². The summed E-state index contributed by atoms with van der Waals surface area (Å²) in [5.74, 6) is -0.486. The third kappa shape index (κ3) is 3.50. The van der Waals surface area contributed by atoms with Crippen LogP contribution in [0, 0.1) is 0 Å². The number of aromatic hydroxyl groups is 1. The average molecular weight is 309 g/mol. The van der Waals surface area contributed by atoms with Crippen LogP contribution in [0.25, 0.3) is 0 Å². The zero-order chi connectivity index (χ0) is 14.5. The van der Waals surface area contributed by atoms with Crippen LogP contribution in [0.5, 0.6) is 5.75 Å². The van der Waals surface area contributed by atoms with Crippen molar-refractivity contribution in [2.75, 3.05) is 0 Å². The molecule has 0 aliphatic heterocycles. The molecule has 0 saturated heterocycles. The molecule has 0 bridgehead atoms. The molecular formula is C14H10Cl2N2O2. The smallest absolute Gasteiger partial charge is 0.271 e. The van der Waals surface area contributed by atoms with Crippen LogP contribution in [-0.4, -0.2) is 17.2 Å². The van der Waals surface area contributed by atoms with E-state index in [0.717, 1.165) is 0 Å². The molecule has 0 heterocycles. The lowest BCUT2D eigenvalue weighted by Gasteiger charge is -2.02. The third-order valence-corrected chi connectivity index (χ3v) is 3.01. The molecule has 0 aliphatic carbocycles. The summed E-state index contributed by atoms with van der Waals surface area (Å²) in [6, 6.07) is 11.3. The fourth-order valence-corrected chi connectivity index (χ4v) is 1.86. The van der Waals surface area contributed by atoms with E-state index in [9.17, 15) is 9.90 Å². The maximum Gasteiger partial charge on any atom is 0.271 e. The summed E-state index contributed by atoms with van der Waals surface area (Å²) in [4.78, 5) is 11.8. The van der Waals surface area contributed by atoms with Crippen LogP contribution in [0.2, 0.25) is 10.0 Å². The Morgan fingerprint density at radius 2 is 1.95 bits per heavy atom. The van der Waals surface area contributed by atoms with E-state index in [0.29, 0.717) is 16.1 Å². The summed E-state index contributed by atoms with van der Waals surface area (Å²) in [7, 11) is 0. The highest BCUT2D eigenvalue weighted by molar-refractivity contribution is 6.32. The summed E-state index contributed by atoms with van der Waals surface area (Å²) in [5, 5.41) is 14.1. The van der Waals surface area contributed by atoms with Crippen molar-refractivity contribution in [2.45, 2.75) is 0 Å². The molecule has 0 aliphatic rings. The van der Waals surface area contributed by atoms with E-state index in [2.05, 4.69) is 10.5 Å². The topological polar surface area (TPSA) is 61.7 Å². The molecular weight excluding hydrogens is 299 g/mol. The maximum absolute atomic E-state index is 11.8. The standard InChI is InChI=1S/C14H10Cl2N2O2/c15-11-5-1-3-9(7-11)14(20)18-17-8-10-4-2-6-12(16)13(10)19/h1-8,19H,(H,18,20). The molecule has 0 aromatic heterocycles. The Bertz CT molecular complexity index is 672. The number of carbonyl (C=O) groups is 1. The lowest BCUT2D eigenvalue weighted by atomic mass is 10.2. The largest absolute Gasteiger partial charge is 0.506 e. The minimum absolute atomic E-state index is 0.0880. The fourth-order valence-electron chi connectivity index (χ4n) is 1.49. The predicted octanol–water partition coefficient (Wildman–Crippen LogP) is 3.46. The van der Waals surface area contributed by atoms with Crippen molar-refractivity contribution < 1.29 is 9.90 Å². The van der Waals surface area contributed by atoms with Crippen LogP contribution in [0.3, 0.4) is 0 Å². The van der Waals surface area contributed by atoms with Crippen LogP contribution in [0.15, 0.2) is 47.6 Å². The molecule has 20 heavy (non-hydrogen) atoms. The lowest BCUT2D eigenvalue weighted by Crippen LogP contribution is -2.17. The van der Waals surface area contributed by atoms with E-state index >= 15 is 0 Å². The Kier molecular flexibility index (Phi) is 4.61. The number of nitrogens with zero attached hydrogens (tertiary/aromatic N) is 1. The number of nitrogens with one attached hydrogen (secondary N) is 1. The molecule has 4 nitrogen and oxygen atoms in total. The summed E-state index contributed by atoms with van der Waals surface area (Å²) < 4.78 is 0. The van der Waals surface area contributed by atoms with Crippen LogP contribution >= 0.6 is 23.2 Å². The normalized spacial score (nSPS) is 10.7. The average Bonchev–Trinajstić information content (AvgIpc) is 2.43. The minimum Gasteiger partial charge on any atom is -0.506 e. The molecule has 0 saturated carbocycles. The number of para-hydroxylation sites is 1. The van der Waals surface area contributed by atoms with Gasteiger partial charge in [-0.2, -0.15) is 5.10 Å². The number of amides is 1. The van der Waals surface area contributed by atoms with Crippen LogP contribution in [0.4, 0.5) is 0 Å². The first kappa shape index (κ1) is 14.4. The van der Waals surface area contributed by atoms with Gasteiger partial charge < -0.3 is 5.11 Å². The molecule has 2 rings (SSSR count). The van der Waals surface area contributed by atoms with E-state index in [1.165, 1.54) is 12.3 Å². The molecule has 2 aromatic rings. The van der Waals surface area contributed by atoms with Gasteiger partial charge in [0.1, 0.15) is 5.75 Å². The first-order chi connectivity index (χ1) is 9.58. The molecule has 2 aromatic carbocycles. The minimum atomic E-state index is -0.398. The Hall–Kier alpha value is -2.04. The van der Waals surface area contributed by atoms with E-state index < -0.39 is 5.91 Å². The van der Waals surface area contributed by atoms with Crippen molar-refractivity contribution in [1.29, 1.82) is 0 Å². The van der Waals surface area contributed by atoms with E-state index in [1.54, 1.807) is 36.4 Å². The molecule has 6 heteroatoms. The zero-order valence-corrected chi connectivity index (χ0v) is 11.7. The van der Waals surface area contributed by atoms with Gasteiger partial charge in [-0.25, -0.2) is 5.43 Å². The molecule has 0 spiro atoms. The van der Waals surface area contributed by atoms with Gasteiger partial charge in [0.15, 0.2) is 0 Å². The monoisotopic (exact) mass is 308 g/mol. The van der Waals surface area contributed by atoms with Gasteiger partial charge in [0.05, 0.1) is 11.2 Å². The first-order valence-electron chi connectivity index (χ1n) is 5.64. The van der Waals surface area contributed by atoms with E-state index in [1.807, 2.05) is 0 Å². The van der Waals surface area contributed by atoms with Gasteiger partial charge >= 0.3 is 0 Å². The van der Waals surface area contributed by atoms with Gasteiger partial charge in [-0.3, -0.25) is 4.79 Å². The third-order valence-electron chi connectivity index (χ3n) is 2.47. The van der Waals surface area contributed by atoms with Gasteiger partial charge in [0.25, 0.3) is 5.91 Å². The predicted molar refractivity (Wildman–Crippen MR) is 79.6 cm³/mol. The number of carbonyl (C=O) groups excluding carboxylic acids is 1. The molecule has 1 amide bonds. The summed E-state index contributed by atoms with van der Waals surface area (Å²) in [6.45, 7) is 0. The number of benzene rings is 2. The number of hydrazone groups is 1. The number of rotatable bonds is 3. The second-order valence-corrected chi connectivity index (χ2v) is 4.73. The van der Waals surface area contributed by atoms with Crippen molar-refractivity contribution in [1.82, 2.24) is 5.43 Å². The second kappa shape index (κ2) is 6.41. The summed E-state index contributed by atoms with van der Waals surface area (Å²) in [5.41, 5.74) is 3.14. The van der Waals surface area contributed by atoms with Crippen molar-refractivity contribution in [3.8, 4) is 5.75 Å². The Morgan fingerprint density at radius 3 is 2.70 bits per heavy atom. The maximum atomic E-state index is 11.8. The summed E-state index contributed by atoms with van der Waals surface area (Å²) >= 11 is 11.5. The molecule has 0 atom stereocenters. The number of hydrogen-bond donors (Lipinski definition) is 2. The number of phenolic OH excluding ortho intramolecular Hbond substituents is 1. The quantitative estimate of drug-likeness (QED) is 0.674. The van der Waals surface area contributed by atoms with Crippen molar-refractivity contribution in [2.24, 2.45) is 5.10 Å². The van der Waals surface area contributed by atoms with Crippen LogP contribution < -0.4 is 5.43 Å². The van der Waals surface area contributed by atoms with Crippen LogP contribution in [0.1, 0.15) is 15.9 Å². The van der Waals surface area contributed by atoms with Crippen molar-refractivity contribution in [3.63, 3.8) is 0 Å². The van der Waals surface area contributed by atoms with E-state index in [-0.39, 0.29) is 10.8 Å². The van der Waals surface area contributed by atoms with E-state index in [4.69, 9.17) is 23.2 Å². The molecule has 2 N–H and O–H groups in total. The highest BCUT2D eigenvalue weighted by Gasteiger charge is 2.05. The first-order valence-corrected chi connectivity index (χ1v) is 6.40.